The fraction of sp³-hybridized carbons (Fsp3) is 0.500. The molecule has 1 saturated carbocycles. The van der Waals surface area contributed by atoms with Crippen molar-refractivity contribution in [3.8, 4) is 5.75 Å². The average molecular weight is 493 g/mol. The van der Waals surface area contributed by atoms with Crippen LogP contribution >= 0.6 is 0 Å². The van der Waals surface area contributed by atoms with Crippen LogP contribution in [-0.4, -0.2) is 30.5 Å². The molecule has 0 bridgehead atoms. The number of ether oxygens (including phenoxy) is 1. The number of hydrogen-bond acceptors (Lipinski definition) is 3. The van der Waals surface area contributed by atoms with Crippen molar-refractivity contribution < 1.29 is 40.6 Å². The number of anilines is 1. The minimum absolute atomic E-state index is 0.0217. The lowest BCUT2D eigenvalue weighted by atomic mass is 9.90. The molecule has 2 aromatic carbocycles. The summed E-state index contributed by atoms with van der Waals surface area (Å²) >= 11 is 0. The zero-order valence-corrected chi connectivity index (χ0v) is 18.3. The van der Waals surface area contributed by atoms with Gasteiger partial charge in [0.15, 0.2) is 6.10 Å². The number of alkyl halides is 6. The Morgan fingerprint density at radius 2 is 1.68 bits per heavy atom. The van der Waals surface area contributed by atoms with Gasteiger partial charge < -0.3 is 14.7 Å². The second-order valence-corrected chi connectivity index (χ2v) is 8.56. The Morgan fingerprint density at radius 3 is 2.29 bits per heavy atom. The number of nitrogens with zero attached hydrogens (tertiary/aromatic N) is 1. The molecule has 1 fully saturated rings. The van der Waals surface area contributed by atoms with Gasteiger partial charge in [0.1, 0.15) is 11.6 Å². The SMILES string of the molecule is OC(CN(Cc1ccc(C(F)(F)F)c(F)c1)c1cccc(OCC2CCCCC2)c1)C(F)(F)F. The van der Waals surface area contributed by atoms with E-state index in [9.17, 15) is 35.8 Å². The summed E-state index contributed by atoms with van der Waals surface area (Å²) in [6.07, 6.45) is -6.98. The minimum Gasteiger partial charge on any atom is -0.493 e. The summed E-state index contributed by atoms with van der Waals surface area (Å²) in [4.78, 5) is 1.13. The lowest BCUT2D eigenvalue weighted by molar-refractivity contribution is -0.200. The first-order valence-electron chi connectivity index (χ1n) is 11.0. The third-order valence-corrected chi connectivity index (χ3v) is 5.88. The molecule has 188 valence electrons. The predicted molar refractivity (Wildman–Crippen MR) is 113 cm³/mol. The highest BCUT2D eigenvalue weighted by Gasteiger charge is 2.39. The summed E-state index contributed by atoms with van der Waals surface area (Å²) in [5, 5.41) is 9.62. The summed E-state index contributed by atoms with van der Waals surface area (Å²) in [6.45, 7) is -0.773. The third-order valence-electron chi connectivity index (χ3n) is 5.88. The molecule has 0 aliphatic heterocycles. The van der Waals surface area contributed by atoms with Crippen molar-refractivity contribution in [1.82, 2.24) is 0 Å². The highest BCUT2D eigenvalue weighted by molar-refractivity contribution is 5.51. The molecule has 1 atom stereocenters. The van der Waals surface area contributed by atoms with Crippen molar-refractivity contribution in [1.29, 1.82) is 0 Å². The van der Waals surface area contributed by atoms with Crippen molar-refractivity contribution in [2.24, 2.45) is 5.92 Å². The third kappa shape index (κ3) is 7.25. The van der Waals surface area contributed by atoms with E-state index in [-0.39, 0.29) is 17.8 Å². The van der Waals surface area contributed by atoms with Gasteiger partial charge in [-0.05, 0) is 48.6 Å². The molecule has 34 heavy (non-hydrogen) atoms. The molecule has 0 aromatic heterocycles. The molecule has 0 radical (unpaired) electrons. The van der Waals surface area contributed by atoms with Gasteiger partial charge >= 0.3 is 12.4 Å². The van der Waals surface area contributed by atoms with Crippen LogP contribution in [0.3, 0.4) is 0 Å². The molecule has 0 spiro atoms. The van der Waals surface area contributed by atoms with Crippen LogP contribution in [0.4, 0.5) is 36.4 Å². The van der Waals surface area contributed by atoms with Crippen molar-refractivity contribution in [2.45, 2.75) is 57.1 Å². The molecule has 1 N–H and O–H groups in total. The van der Waals surface area contributed by atoms with Gasteiger partial charge in [-0.15, -0.1) is 0 Å². The maximum atomic E-state index is 14.0. The standard InChI is InChI=1S/C24H26F7NO2/c25-21-11-17(9-10-20(21)23(26,27)28)13-32(14-22(33)24(29,30)31)18-7-4-8-19(12-18)34-15-16-5-2-1-3-6-16/h4,7-12,16,22,33H,1-3,5-6,13-15H2. The number of aliphatic hydroxyl groups excluding tert-OH is 1. The van der Waals surface area contributed by atoms with E-state index in [4.69, 9.17) is 4.74 Å². The smallest absolute Gasteiger partial charge is 0.419 e. The Kier molecular flexibility index (Phi) is 8.33. The van der Waals surface area contributed by atoms with Crippen LogP contribution < -0.4 is 9.64 Å². The van der Waals surface area contributed by atoms with Gasteiger partial charge in [0.25, 0.3) is 0 Å². The van der Waals surface area contributed by atoms with E-state index in [2.05, 4.69) is 0 Å². The highest BCUT2D eigenvalue weighted by Crippen LogP contribution is 2.33. The molecule has 1 unspecified atom stereocenters. The van der Waals surface area contributed by atoms with Gasteiger partial charge in [0.2, 0.25) is 0 Å². The van der Waals surface area contributed by atoms with E-state index in [1.807, 2.05) is 0 Å². The largest absolute Gasteiger partial charge is 0.493 e. The van der Waals surface area contributed by atoms with Crippen LogP contribution in [0.25, 0.3) is 0 Å². The summed E-state index contributed by atoms with van der Waals surface area (Å²) < 4.78 is 97.5. The number of rotatable bonds is 8. The molecular formula is C24H26F7NO2. The average Bonchev–Trinajstić information content (AvgIpc) is 2.76. The molecule has 3 nitrogen and oxygen atoms in total. The van der Waals surface area contributed by atoms with E-state index in [1.165, 1.54) is 18.6 Å². The van der Waals surface area contributed by atoms with Crippen molar-refractivity contribution in [3.63, 3.8) is 0 Å². The van der Waals surface area contributed by atoms with Gasteiger partial charge in [-0.3, -0.25) is 0 Å². The zero-order valence-electron chi connectivity index (χ0n) is 18.3. The predicted octanol–water partition coefficient (Wildman–Crippen LogP) is 6.73. The highest BCUT2D eigenvalue weighted by atomic mass is 19.4. The van der Waals surface area contributed by atoms with E-state index < -0.39 is 36.4 Å². The number of benzene rings is 2. The summed E-state index contributed by atoms with van der Waals surface area (Å²) in [7, 11) is 0. The molecule has 0 heterocycles. The molecule has 1 aliphatic carbocycles. The fourth-order valence-electron chi connectivity index (χ4n) is 4.02. The summed E-state index contributed by atoms with van der Waals surface area (Å²) in [5.41, 5.74) is -1.19. The quantitative estimate of drug-likeness (QED) is 0.414. The number of hydrogen-bond donors (Lipinski definition) is 1. The van der Waals surface area contributed by atoms with Gasteiger partial charge in [0, 0.05) is 18.3 Å². The maximum Gasteiger partial charge on any atom is 0.419 e. The Balaban J connectivity index is 1.81. The van der Waals surface area contributed by atoms with Crippen LogP contribution in [0.1, 0.15) is 43.2 Å². The topological polar surface area (TPSA) is 32.7 Å². The van der Waals surface area contributed by atoms with Crippen LogP contribution in [0, 0.1) is 11.7 Å². The normalized spacial score (nSPS) is 16.4. The van der Waals surface area contributed by atoms with Crippen LogP contribution in [-0.2, 0) is 12.7 Å². The Hall–Kier alpha value is -2.49. The monoisotopic (exact) mass is 493 g/mol. The molecule has 3 rings (SSSR count). The Morgan fingerprint density at radius 1 is 0.971 bits per heavy atom. The Labute approximate surface area is 193 Å². The second kappa shape index (κ2) is 10.8. The van der Waals surface area contributed by atoms with E-state index in [1.54, 1.807) is 12.1 Å². The van der Waals surface area contributed by atoms with E-state index >= 15 is 0 Å². The fourth-order valence-corrected chi connectivity index (χ4v) is 4.02. The maximum absolute atomic E-state index is 14.0. The van der Waals surface area contributed by atoms with Gasteiger partial charge in [-0.1, -0.05) is 31.4 Å². The van der Waals surface area contributed by atoms with Gasteiger partial charge in [-0.25, -0.2) is 4.39 Å². The molecule has 0 saturated heterocycles. The number of halogens is 7. The lowest BCUT2D eigenvalue weighted by Gasteiger charge is -2.29. The lowest BCUT2D eigenvalue weighted by Crippen LogP contribution is -2.40. The van der Waals surface area contributed by atoms with Crippen LogP contribution in [0.15, 0.2) is 42.5 Å². The first-order valence-corrected chi connectivity index (χ1v) is 11.0. The molecule has 1 aliphatic rings. The Bertz CT molecular complexity index is 940. The molecular weight excluding hydrogens is 467 g/mol. The first-order chi connectivity index (χ1) is 15.9. The molecule has 10 heteroatoms. The summed E-state index contributed by atoms with van der Waals surface area (Å²) in [6, 6.07) is 8.42. The molecule has 2 aromatic rings. The van der Waals surface area contributed by atoms with Crippen LogP contribution in [0.5, 0.6) is 5.75 Å². The molecule has 0 amide bonds. The van der Waals surface area contributed by atoms with Crippen molar-refractivity contribution in [2.75, 3.05) is 18.1 Å². The number of aliphatic hydroxyl groups is 1. The van der Waals surface area contributed by atoms with Crippen molar-refractivity contribution >= 4 is 5.69 Å². The van der Waals surface area contributed by atoms with Gasteiger partial charge in [-0.2, -0.15) is 26.3 Å². The van der Waals surface area contributed by atoms with Crippen molar-refractivity contribution in [3.05, 3.63) is 59.4 Å². The zero-order chi connectivity index (χ0) is 24.9. The van der Waals surface area contributed by atoms with E-state index in [0.717, 1.165) is 36.6 Å². The summed E-state index contributed by atoms with van der Waals surface area (Å²) in [5.74, 6) is -0.699. The van der Waals surface area contributed by atoms with Crippen LogP contribution in [0.2, 0.25) is 0 Å². The van der Waals surface area contributed by atoms with Gasteiger partial charge in [0.05, 0.1) is 18.7 Å². The minimum atomic E-state index is -4.90. The van der Waals surface area contributed by atoms with E-state index in [0.29, 0.717) is 30.4 Å². The second-order valence-electron chi connectivity index (χ2n) is 8.56. The first kappa shape index (κ1) is 26.1.